The topological polar surface area (TPSA) is 56.7 Å². The van der Waals surface area contributed by atoms with Crippen LogP contribution < -0.4 is 10.6 Å². The fourth-order valence-electron chi connectivity index (χ4n) is 1.13. The van der Waals surface area contributed by atoms with E-state index in [0.29, 0.717) is 23.9 Å². The minimum atomic E-state index is -4.39. The molecule has 0 saturated heterocycles. The van der Waals surface area contributed by atoms with Gasteiger partial charge in [-0.05, 0) is 13.8 Å². The Morgan fingerprint density at radius 3 is 2.11 bits per heavy atom. The predicted octanol–water partition coefficient (Wildman–Crippen LogP) is 0.582. The van der Waals surface area contributed by atoms with Crippen molar-refractivity contribution >= 4 is 11.9 Å². The van der Waals surface area contributed by atoms with E-state index in [1.807, 2.05) is 13.8 Å². The van der Waals surface area contributed by atoms with Gasteiger partial charge in [0.15, 0.2) is 5.96 Å². The van der Waals surface area contributed by atoms with E-state index in [2.05, 4.69) is 15.6 Å². The average molecular weight is 268 g/mol. The summed E-state index contributed by atoms with van der Waals surface area (Å²) in [4.78, 5) is 15.9. The third kappa shape index (κ3) is 7.75. The third-order valence-corrected chi connectivity index (χ3v) is 1.90. The summed E-state index contributed by atoms with van der Waals surface area (Å²) in [6.45, 7) is 3.34. The molecule has 0 saturated carbocycles. The zero-order valence-electron chi connectivity index (χ0n) is 10.8. The maximum Gasteiger partial charge on any atom is 0.406 e. The van der Waals surface area contributed by atoms with Gasteiger partial charge in [-0.3, -0.25) is 4.79 Å². The molecule has 106 valence electrons. The van der Waals surface area contributed by atoms with Crippen molar-refractivity contribution in [3.8, 4) is 0 Å². The second-order valence-corrected chi connectivity index (χ2v) is 3.59. The molecule has 18 heavy (non-hydrogen) atoms. The van der Waals surface area contributed by atoms with Gasteiger partial charge in [-0.1, -0.05) is 0 Å². The van der Waals surface area contributed by atoms with E-state index < -0.39 is 18.6 Å². The number of carbonyl (C=O) groups is 1. The molecule has 0 fully saturated rings. The van der Waals surface area contributed by atoms with E-state index in [4.69, 9.17) is 0 Å². The molecule has 0 aromatic rings. The van der Waals surface area contributed by atoms with Gasteiger partial charge in [0, 0.05) is 20.1 Å². The first-order valence-electron chi connectivity index (χ1n) is 5.63. The minimum Gasteiger partial charge on any atom is -0.357 e. The van der Waals surface area contributed by atoms with Crippen LogP contribution in [0.25, 0.3) is 0 Å². The molecule has 0 aromatic carbocycles. The first kappa shape index (κ1) is 16.5. The number of likely N-dealkylation sites (N-methyl/N-ethyl adjacent to an activating group) is 1. The van der Waals surface area contributed by atoms with Gasteiger partial charge in [-0.2, -0.15) is 13.2 Å². The minimum absolute atomic E-state index is 0.318. The molecule has 0 aliphatic rings. The average Bonchev–Trinajstić information content (AvgIpc) is 2.23. The van der Waals surface area contributed by atoms with Gasteiger partial charge in [-0.25, -0.2) is 4.99 Å². The highest BCUT2D eigenvalue weighted by molar-refractivity contribution is 5.84. The van der Waals surface area contributed by atoms with E-state index in [-0.39, 0.29) is 6.54 Å². The number of nitrogens with one attached hydrogen (secondary N) is 2. The summed E-state index contributed by atoms with van der Waals surface area (Å²) in [5.41, 5.74) is 0. The molecule has 2 N–H and O–H groups in total. The first-order valence-corrected chi connectivity index (χ1v) is 5.63. The fourth-order valence-corrected chi connectivity index (χ4v) is 1.13. The molecule has 0 unspecified atom stereocenters. The second-order valence-electron chi connectivity index (χ2n) is 3.59. The van der Waals surface area contributed by atoms with Crippen LogP contribution in [-0.2, 0) is 4.79 Å². The molecule has 1 amide bonds. The van der Waals surface area contributed by atoms with Crippen molar-refractivity contribution in [1.29, 1.82) is 0 Å². The van der Waals surface area contributed by atoms with Crippen LogP contribution in [0.1, 0.15) is 13.8 Å². The SMILES string of the molecule is CCNC(=NCC(=O)N(C)CC(F)(F)F)NCC. The van der Waals surface area contributed by atoms with Gasteiger partial charge in [0.05, 0.1) is 0 Å². The zero-order valence-corrected chi connectivity index (χ0v) is 10.8. The Hall–Kier alpha value is -1.47. The normalized spacial score (nSPS) is 10.8. The molecule has 8 heteroatoms. The maximum absolute atomic E-state index is 12.1. The summed E-state index contributed by atoms with van der Waals surface area (Å²) >= 11 is 0. The number of amides is 1. The van der Waals surface area contributed by atoms with Crippen LogP contribution in [0.2, 0.25) is 0 Å². The molecule has 0 aliphatic heterocycles. The lowest BCUT2D eigenvalue weighted by Gasteiger charge is -2.18. The molecular formula is C10H19F3N4O. The number of hydrogen-bond donors (Lipinski definition) is 2. The highest BCUT2D eigenvalue weighted by atomic mass is 19.4. The summed E-state index contributed by atoms with van der Waals surface area (Å²) in [6.07, 6.45) is -4.39. The van der Waals surface area contributed by atoms with E-state index >= 15 is 0 Å². The van der Waals surface area contributed by atoms with Gasteiger partial charge in [-0.15, -0.1) is 0 Å². The van der Waals surface area contributed by atoms with Crippen LogP contribution in [0, 0.1) is 0 Å². The Morgan fingerprint density at radius 2 is 1.72 bits per heavy atom. The fraction of sp³-hybridized carbons (Fsp3) is 0.800. The van der Waals surface area contributed by atoms with Crippen LogP contribution in [0.4, 0.5) is 13.2 Å². The number of alkyl halides is 3. The summed E-state index contributed by atoms with van der Waals surface area (Å²) in [6, 6.07) is 0. The zero-order chi connectivity index (χ0) is 14.2. The number of aliphatic imine (C=N–C) groups is 1. The lowest BCUT2D eigenvalue weighted by Crippen LogP contribution is -2.40. The lowest BCUT2D eigenvalue weighted by molar-refractivity contribution is -0.157. The third-order valence-electron chi connectivity index (χ3n) is 1.90. The molecule has 5 nitrogen and oxygen atoms in total. The van der Waals surface area contributed by atoms with Gasteiger partial charge in [0.2, 0.25) is 5.91 Å². The highest BCUT2D eigenvalue weighted by Crippen LogP contribution is 2.15. The molecule has 0 atom stereocenters. The number of hydrogen-bond acceptors (Lipinski definition) is 2. The number of guanidine groups is 1. The Balaban J connectivity index is 4.32. The Bertz CT molecular complexity index is 283. The van der Waals surface area contributed by atoms with E-state index in [9.17, 15) is 18.0 Å². The largest absolute Gasteiger partial charge is 0.406 e. The van der Waals surface area contributed by atoms with Crippen molar-refractivity contribution in [2.45, 2.75) is 20.0 Å². The Kier molecular flexibility index (Phi) is 7.14. The van der Waals surface area contributed by atoms with Gasteiger partial charge in [0.25, 0.3) is 0 Å². The molecular weight excluding hydrogens is 249 g/mol. The summed E-state index contributed by atoms with van der Waals surface area (Å²) in [5.74, 6) is -0.269. The maximum atomic E-state index is 12.1. The summed E-state index contributed by atoms with van der Waals surface area (Å²) in [5, 5.41) is 5.74. The smallest absolute Gasteiger partial charge is 0.357 e. The van der Waals surface area contributed by atoms with Crippen molar-refractivity contribution in [2.24, 2.45) is 4.99 Å². The quantitative estimate of drug-likeness (QED) is 0.566. The molecule has 0 aliphatic carbocycles. The summed E-state index contributed by atoms with van der Waals surface area (Å²) in [7, 11) is 1.10. The highest BCUT2D eigenvalue weighted by Gasteiger charge is 2.30. The van der Waals surface area contributed by atoms with Crippen LogP contribution in [0.5, 0.6) is 0 Å². The van der Waals surface area contributed by atoms with Crippen molar-refractivity contribution in [2.75, 3.05) is 33.2 Å². The molecule has 0 heterocycles. The predicted molar refractivity (Wildman–Crippen MR) is 63.3 cm³/mol. The Labute approximate surface area is 104 Å². The van der Waals surface area contributed by atoms with E-state index in [1.54, 1.807) is 0 Å². The van der Waals surface area contributed by atoms with E-state index in [0.717, 1.165) is 7.05 Å². The van der Waals surface area contributed by atoms with Crippen molar-refractivity contribution in [1.82, 2.24) is 15.5 Å². The van der Waals surface area contributed by atoms with Crippen LogP contribution >= 0.6 is 0 Å². The number of halogens is 3. The number of nitrogens with zero attached hydrogens (tertiary/aromatic N) is 2. The van der Waals surface area contributed by atoms with E-state index in [1.165, 1.54) is 0 Å². The second kappa shape index (κ2) is 7.78. The molecule has 0 radical (unpaired) electrons. The van der Waals surface area contributed by atoms with Crippen LogP contribution in [-0.4, -0.2) is 56.2 Å². The Morgan fingerprint density at radius 1 is 1.22 bits per heavy atom. The van der Waals surface area contributed by atoms with Crippen molar-refractivity contribution in [3.05, 3.63) is 0 Å². The van der Waals surface area contributed by atoms with Crippen molar-refractivity contribution < 1.29 is 18.0 Å². The van der Waals surface area contributed by atoms with Gasteiger partial charge >= 0.3 is 6.18 Å². The van der Waals surface area contributed by atoms with Crippen LogP contribution in [0.3, 0.4) is 0 Å². The van der Waals surface area contributed by atoms with Gasteiger partial charge < -0.3 is 15.5 Å². The molecule has 0 aromatic heterocycles. The van der Waals surface area contributed by atoms with Gasteiger partial charge in [0.1, 0.15) is 13.1 Å². The molecule has 0 spiro atoms. The van der Waals surface area contributed by atoms with Crippen LogP contribution in [0.15, 0.2) is 4.99 Å². The number of rotatable bonds is 5. The lowest BCUT2D eigenvalue weighted by atomic mass is 10.5. The standard InChI is InChI=1S/C10H19F3N4O/c1-4-14-9(15-5-2)16-6-8(18)17(3)7-10(11,12)13/h4-7H2,1-3H3,(H2,14,15,16). The van der Waals surface area contributed by atoms with Crippen molar-refractivity contribution in [3.63, 3.8) is 0 Å². The molecule has 0 bridgehead atoms. The molecule has 0 rings (SSSR count). The number of carbonyl (C=O) groups excluding carboxylic acids is 1. The summed E-state index contributed by atoms with van der Waals surface area (Å²) < 4.78 is 36.2. The first-order chi connectivity index (χ1) is 8.30. The monoisotopic (exact) mass is 268 g/mol.